The smallest absolute Gasteiger partial charge is 0.159 e. The number of hydrogen-bond donors (Lipinski definition) is 0. The highest BCUT2D eigenvalue weighted by Gasteiger charge is 2.48. The van der Waals surface area contributed by atoms with Gasteiger partial charge in [0, 0.05) is 44.0 Å². The molecule has 16 rings (SSSR count). The number of hydrogen-bond acceptors (Lipinski definition) is 4. The lowest BCUT2D eigenvalue weighted by Crippen LogP contribution is -2.29. The molecular weight excluding hydrogens is 1060 g/mol. The minimum Gasteiger partial charge on any atom is -0.454 e. The van der Waals surface area contributed by atoms with Crippen molar-refractivity contribution in [3.8, 4) is 11.1 Å². The molecule has 0 spiro atoms. The van der Waals surface area contributed by atoms with Gasteiger partial charge in [0.15, 0.2) is 11.2 Å². The lowest BCUT2D eigenvalue weighted by atomic mass is 9.67. The number of para-hydroxylation sites is 4. The first-order chi connectivity index (χ1) is 42.8. The maximum atomic E-state index is 7.44. The van der Waals surface area contributed by atoms with Crippen LogP contribution in [0.1, 0.15) is 160 Å². The molecule has 87 heavy (non-hydrogen) atoms. The van der Waals surface area contributed by atoms with Crippen LogP contribution in [0.5, 0.6) is 0 Å². The van der Waals surface area contributed by atoms with Crippen molar-refractivity contribution < 1.29 is 8.83 Å². The SMILES string of the molecule is CC(C)c1ccc(N(c2ccc3c(c2)C(c2ccccc2)(c2ccccc2)c2cc(N(c4ccc(C(C)C)cc4)c4cccc5c4oc4c(C6CCCCC6)cccc45)c4ccccc4c2-3)c2cccc3c2oc2c(C4CCCCC4)cccc23)cc1. The average Bonchev–Trinajstić information content (AvgIpc) is 1.56. The molecule has 2 aromatic heterocycles. The lowest BCUT2D eigenvalue weighted by molar-refractivity contribution is 0.442. The average molecular weight is 1130 g/mol. The van der Waals surface area contributed by atoms with Gasteiger partial charge < -0.3 is 18.6 Å². The number of rotatable bonds is 12. The molecule has 0 radical (unpaired) electrons. The molecule has 3 aliphatic rings. The van der Waals surface area contributed by atoms with E-state index in [2.05, 4.69) is 268 Å². The van der Waals surface area contributed by atoms with Crippen molar-refractivity contribution in [2.75, 3.05) is 9.80 Å². The molecule has 0 saturated heterocycles. The van der Waals surface area contributed by atoms with Crippen LogP contribution in [0.15, 0.2) is 239 Å². The van der Waals surface area contributed by atoms with Crippen LogP contribution in [0.4, 0.5) is 34.1 Å². The van der Waals surface area contributed by atoms with Crippen molar-refractivity contribution in [2.24, 2.45) is 0 Å². The van der Waals surface area contributed by atoms with E-state index in [1.807, 2.05) is 0 Å². The topological polar surface area (TPSA) is 32.8 Å². The van der Waals surface area contributed by atoms with E-state index < -0.39 is 5.41 Å². The van der Waals surface area contributed by atoms with Gasteiger partial charge in [-0.1, -0.05) is 242 Å². The van der Waals surface area contributed by atoms with E-state index in [9.17, 15) is 0 Å². The van der Waals surface area contributed by atoms with Gasteiger partial charge in [0.05, 0.1) is 22.5 Å². The van der Waals surface area contributed by atoms with Gasteiger partial charge in [-0.05, 0) is 165 Å². The summed E-state index contributed by atoms with van der Waals surface area (Å²) in [6.07, 6.45) is 12.5. The Morgan fingerprint density at radius 3 is 1.28 bits per heavy atom. The number of benzene rings is 11. The largest absolute Gasteiger partial charge is 0.454 e. The number of fused-ring (bicyclic) bond motifs is 11. The van der Waals surface area contributed by atoms with Crippen LogP contribution in [-0.2, 0) is 5.41 Å². The number of anilines is 6. The molecule has 0 amide bonds. The fourth-order valence-electron chi connectivity index (χ4n) is 16.0. The summed E-state index contributed by atoms with van der Waals surface area (Å²) in [5.74, 6) is 1.77. The molecule has 0 atom stereocenters. The summed E-state index contributed by atoms with van der Waals surface area (Å²) in [6, 6.07) is 87.5. The minimum atomic E-state index is -0.775. The monoisotopic (exact) mass is 1130 g/mol. The van der Waals surface area contributed by atoms with E-state index in [-0.39, 0.29) is 0 Å². The molecule has 2 heterocycles. The van der Waals surface area contributed by atoms with Crippen molar-refractivity contribution in [1.82, 2.24) is 0 Å². The van der Waals surface area contributed by atoms with Gasteiger partial charge in [0.1, 0.15) is 11.2 Å². The van der Waals surface area contributed by atoms with Crippen molar-refractivity contribution >= 4 is 88.8 Å². The maximum Gasteiger partial charge on any atom is 0.159 e. The Morgan fingerprint density at radius 1 is 0.345 bits per heavy atom. The van der Waals surface area contributed by atoms with E-state index in [0.29, 0.717) is 23.7 Å². The van der Waals surface area contributed by atoms with E-state index in [1.54, 1.807) is 0 Å². The molecule has 0 unspecified atom stereocenters. The molecule has 3 aliphatic carbocycles. The maximum absolute atomic E-state index is 7.44. The molecule has 4 nitrogen and oxygen atoms in total. The van der Waals surface area contributed by atoms with Gasteiger partial charge in [-0.25, -0.2) is 0 Å². The van der Waals surface area contributed by atoms with Crippen LogP contribution in [0, 0.1) is 0 Å². The van der Waals surface area contributed by atoms with Gasteiger partial charge in [-0.15, -0.1) is 0 Å². The summed E-state index contributed by atoms with van der Waals surface area (Å²) in [5.41, 5.74) is 22.2. The summed E-state index contributed by atoms with van der Waals surface area (Å²) in [6.45, 7) is 9.12. The second-order valence-corrected chi connectivity index (χ2v) is 25.9. The van der Waals surface area contributed by atoms with Gasteiger partial charge in [0.2, 0.25) is 0 Å². The van der Waals surface area contributed by atoms with Crippen LogP contribution < -0.4 is 9.80 Å². The Labute approximate surface area is 511 Å². The van der Waals surface area contributed by atoms with Gasteiger partial charge >= 0.3 is 0 Å². The Hall–Kier alpha value is -9.12. The molecule has 0 aliphatic heterocycles. The predicted molar refractivity (Wildman–Crippen MR) is 365 cm³/mol. The highest BCUT2D eigenvalue weighted by Crippen LogP contribution is 2.61. The first-order valence-corrected chi connectivity index (χ1v) is 32.3. The molecule has 2 fully saturated rings. The van der Waals surface area contributed by atoms with Crippen LogP contribution in [0.25, 0.3) is 65.8 Å². The van der Waals surface area contributed by atoms with Crippen LogP contribution in [-0.4, -0.2) is 0 Å². The van der Waals surface area contributed by atoms with Crippen LogP contribution in [0.2, 0.25) is 0 Å². The van der Waals surface area contributed by atoms with Crippen molar-refractivity contribution in [3.63, 3.8) is 0 Å². The molecular formula is C83H74N2O2. The third-order valence-electron chi connectivity index (χ3n) is 20.3. The zero-order chi connectivity index (χ0) is 58.3. The van der Waals surface area contributed by atoms with Crippen LogP contribution >= 0.6 is 0 Å². The van der Waals surface area contributed by atoms with Crippen molar-refractivity contribution in [3.05, 3.63) is 275 Å². The van der Waals surface area contributed by atoms with E-state index in [1.165, 1.54) is 141 Å². The fraction of sp³-hybridized carbons (Fsp3) is 0.229. The first-order valence-electron chi connectivity index (χ1n) is 32.3. The first kappa shape index (κ1) is 53.4. The van der Waals surface area contributed by atoms with E-state index >= 15 is 0 Å². The summed E-state index contributed by atoms with van der Waals surface area (Å²) in [4.78, 5) is 4.99. The zero-order valence-electron chi connectivity index (χ0n) is 50.5. The molecule has 13 aromatic rings. The number of nitrogens with zero attached hydrogens (tertiary/aromatic N) is 2. The highest BCUT2D eigenvalue weighted by atomic mass is 16.3. The third kappa shape index (κ3) is 8.68. The van der Waals surface area contributed by atoms with Gasteiger partial charge in [-0.2, -0.15) is 0 Å². The van der Waals surface area contributed by atoms with Crippen molar-refractivity contribution in [2.45, 2.75) is 121 Å². The Kier molecular flexibility index (Phi) is 13.3. The predicted octanol–water partition coefficient (Wildman–Crippen LogP) is 24.3. The molecule has 4 heteroatoms. The fourth-order valence-corrected chi connectivity index (χ4v) is 16.0. The lowest BCUT2D eigenvalue weighted by Gasteiger charge is -2.36. The summed E-state index contributed by atoms with van der Waals surface area (Å²) < 4.78 is 14.8. The van der Waals surface area contributed by atoms with E-state index in [4.69, 9.17) is 8.83 Å². The normalized spacial score (nSPS) is 15.3. The van der Waals surface area contributed by atoms with Crippen molar-refractivity contribution in [1.29, 1.82) is 0 Å². The van der Waals surface area contributed by atoms with Crippen LogP contribution in [0.3, 0.4) is 0 Å². The highest BCUT2D eigenvalue weighted by molar-refractivity contribution is 6.16. The third-order valence-corrected chi connectivity index (χ3v) is 20.3. The molecule has 0 N–H and O–H groups in total. The minimum absolute atomic E-state index is 0.382. The molecule has 0 bridgehead atoms. The van der Waals surface area contributed by atoms with E-state index in [0.717, 1.165) is 67.2 Å². The summed E-state index contributed by atoms with van der Waals surface area (Å²) in [5, 5.41) is 7.04. The standard InChI is InChI=1S/C83H74N2O2/c1-53(2)55-41-45-61(46-42-55)84(75-39-21-37-70-68-35-19-33-64(79(68)86-81(70)75)57-23-9-5-10-24-57)63-49-50-72-73(51-63)83(59-27-13-7-14-28-59,60-29-15-8-16-30-60)74-52-77(66-31-17-18-32-67(66)78(72)74)85(62-47-43-56(44-48-62)54(3)4)76-40-22-38-71-69-36-20-34-65(80(69)87-82(71)76)58-25-11-6-12-26-58/h7-8,13-22,27-54,57-58H,5-6,9-12,23-26H2,1-4H3. The number of furan rings is 2. The molecule has 2 saturated carbocycles. The molecule has 428 valence electrons. The molecule has 11 aromatic carbocycles. The quantitative estimate of drug-likeness (QED) is 0.122. The zero-order valence-corrected chi connectivity index (χ0v) is 50.5. The summed E-state index contributed by atoms with van der Waals surface area (Å²) >= 11 is 0. The summed E-state index contributed by atoms with van der Waals surface area (Å²) in [7, 11) is 0. The Balaban J connectivity index is 0.966. The second kappa shape index (κ2) is 21.7. The van der Waals surface area contributed by atoms with Gasteiger partial charge in [-0.3, -0.25) is 0 Å². The Morgan fingerprint density at radius 2 is 0.770 bits per heavy atom. The Bertz CT molecular complexity index is 4670. The second-order valence-electron chi connectivity index (χ2n) is 25.9. The van der Waals surface area contributed by atoms with Gasteiger partial charge in [0.25, 0.3) is 0 Å².